The smallest absolute Gasteiger partial charge is 0.319 e. The summed E-state index contributed by atoms with van der Waals surface area (Å²) in [6.45, 7) is 13.7. The van der Waals surface area contributed by atoms with E-state index in [1.54, 1.807) is 9.13 Å². The first kappa shape index (κ1) is 22.6. The lowest BCUT2D eigenvalue weighted by atomic mass is 10.2. The van der Waals surface area contributed by atoms with Crippen LogP contribution < -0.4 is 0 Å². The van der Waals surface area contributed by atoms with Gasteiger partial charge in [-0.05, 0) is 12.8 Å². The van der Waals surface area contributed by atoms with Gasteiger partial charge in [-0.3, -0.25) is 19.4 Å². The predicted molar refractivity (Wildman–Crippen MR) is 113 cm³/mol. The van der Waals surface area contributed by atoms with E-state index in [1.165, 1.54) is 9.80 Å². The highest BCUT2D eigenvalue weighted by molar-refractivity contribution is 6.76. The Morgan fingerprint density at radius 1 is 0.607 bits per heavy atom. The third-order valence-electron chi connectivity index (χ3n) is 5.25. The molecule has 2 rings (SSSR count). The van der Waals surface area contributed by atoms with Gasteiger partial charge in [-0.15, -0.1) is 0 Å². The zero-order valence-electron chi connectivity index (χ0n) is 18.1. The topological polar surface area (TPSA) is 81.2 Å². The summed E-state index contributed by atoms with van der Waals surface area (Å²) in [6, 6.07) is -0.298. The van der Waals surface area contributed by atoms with E-state index in [1.807, 2.05) is 0 Å². The highest BCUT2D eigenvalue weighted by Gasteiger charge is 2.42. The molecule has 8 nitrogen and oxygen atoms in total. The number of unbranched alkanes of at least 4 members (excludes halogenated alkanes) is 3. The van der Waals surface area contributed by atoms with E-state index >= 15 is 0 Å². The van der Waals surface area contributed by atoms with E-state index in [0.29, 0.717) is 13.1 Å². The Labute approximate surface area is 170 Å². The number of imide groups is 2. The van der Waals surface area contributed by atoms with Crippen molar-refractivity contribution in [3.05, 3.63) is 0 Å². The second kappa shape index (κ2) is 8.36. The molecule has 0 aromatic carbocycles. The number of amides is 6. The standard InChI is InChI=1S/C18H34N4O4Si2/c1-27(2,3)21-13-15(23)19(17(21)25)11-9-7-8-10-12-20-16(24)14-22(18(20)26)28(4,5)6/h7-14H2,1-6H3. The normalized spacial score (nSPS) is 18.9. The van der Waals surface area contributed by atoms with E-state index in [2.05, 4.69) is 39.3 Å². The quantitative estimate of drug-likeness (QED) is 0.322. The summed E-state index contributed by atoms with van der Waals surface area (Å²) in [5.74, 6) is -0.209. The van der Waals surface area contributed by atoms with Crippen LogP contribution in [0.4, 0.5) is 9.59 Å². The van der Waals surface area contributed by atoms with Crippen LogP contribution in [0.1, 0.15) is 25.7 Å². The Hall–Kier alpha value is -1.69. The fraction of sp³-hybridized carbons (Fsp3) is 0.778. The molecule has 2 saturated heterocycles. The minimum absolute atomic E-state index is 0.105. The number of carbonyl (C=O) groups excluding carboxylic acids is 4. The molecular formula is C18H34N4O4Si2. The molecule has 0 atom stereocenters. The van der Waals surface area contributed by atoms with E-state index < -0.39 is 16.5 Å². The molecule has 0 bridgehead atoms. The van der Waals surface area contributed by atoms with Crippen LogP contribution in [0.25, 0.3) is 0 Å². The monoisotopic (exact) mass is 426 g/mol. The summed E-state index contributed by atoms with van der Waals surface area (Å²) >= 11 is 0. The van der Waals surface area contributed by atoms with Crippen molar-refractivity contribution in [3.63, 3.8) is 0 Å². The number of carbonyl (C=O) groups is 4. The van der Waals surface area contributed by atoms with Crippen LogP contribution in [0.5, 0.6) is 0 Å². The number of urea groups is 2. The molecule has 6 amide bonds. The van der Waals surface area contributed by atoms with Crippen molar-refractivity contribution >= 4 is 40.3 Å². The highest BCUT2D eigenvalue weighted by Crippen LogP contribution is 2.21. The average Bonchev–Trinajstić information content (AvgIpc) is 3.00. The second-order valence-corrected chi connectivity index (χ2v) is 19.3. The van der Waals surface area contributed by atoms with Crippen LogP contribution >= 0.6 is 0 Å². The third-order valence-corrected chi connectivity index (χ3v) is 9.18. The van der Waals surface area contributed by atoms with Crippen molar-refractivity contribution in [2.24, 2.45) is 0 Å². The van der Waals surface area contributed by atoms with Gasteiger partial charge in [0.05, 0.1) is 13.1 Å². The van der Waals surface area contributed by atoms with Crippen molar-refractivity contribution < 1.29 is 19.2 Å². The summed E-state index contributed by atoms with van der Waals surface area (Å²) in [5, 5.41) is 0. The molecule has 0 saturated carbocycles. The van der Waals surface area contributed by atoms with Crippen LogP contribution in [0.15, 0.2) is 0 Å². The van der Waals surface area contributed by atoms with Crippen molar-refractivity contribution in [1.82, 2.24) is 18.9 Å². The van der Waals surface area contributed by atoms with Crippen LogP contribution in [0.2, 0.25) is 39.3 Å². The zero-order chi connectivity index (χ0) is 21.3. The lowest BCUT2D eigenvalue weighted by Gasteiger charge is -2.28. The van der Waals surface area contributed by atoms with Crippen LogP contribution in [0.3, 0.4) is 0 Å². The molecule has 0 unspecified atom stereocenters. The fourth-order valence-electron chi connectivity index (χ4n) is 3.46. The van der Waals surface area contributed by atoms with E-state index in [-0.39, 0.29) is 37.0 Å². The average molecular weight is 427 g/mol. The molecule has 0 aliphatic carbocycles. The van der Waals surface area contributed by atoms with Gasteiger partial charge in [0.15, 0.2) is 16.5 Å². The molecule has 158 valence electrons. The lowest BCUT2D eigenvalue weighted by Crippen LogP contribution is -2.48. The summed E-state index contributed by atoms with van der Waals surface area (Å²) in [6.07, 6.45) is 3.22. The molecule has 0 N–H and O–H groups in total. The Morgan fingerprint density at radius 2 is 0.929 bits per heavy atom. The van der Waals surface area contributed by atoms with Crippen LogP contribution in [-0.4, -0.2) is 85.5 Å². The second-order valence-electron chi connectivity index (χ2n) is 9.58. The highest BCUT2D eigenvalue weighted by atomic mass is 28.3. The van der Waals surface area contributed by atoms with E-state index in [4.69, 9.17) is 0 Å². The Bertz CT molecular complexity index is 601. The lowest BCUT2D eigenvalue weighted by molar-refractivity contribution is -0.126. The molecular weight excluding hydrogens is 392 g/mol. The van der Waals surface area contributed by atoms with Gasteiger partial charge in [-0.25, -0.2) is 9.59 Å². The first-order valence-corrected chi connectivity index (χ1v) is 17.0. The van der Waals surface area contributed by atoms with E-state index in [0.717, 1.165) is 25.7 Å². The van der Waals surface area contributed by atoms with Gasteiger partial charge in [0.2, 0.25) is 11.8 Å². The number of hydrogen-bond acceptors (Lipinski definition) is 4. The van der Waals surface area contributed by atoms with Crippen LogP contribution in [-0.2, 0) is 9.59 Å². The van der Waals surface area contributed by atoms with Gasteiger partial charge in [0.1, 0.15) is 0 Å². The first-order chi connectivity index (χ1) is 12.8. The van der Waals surface area contributed by atoms with Crippen LogP contribution in [0, 0.1) is 0 Å². The van der Waals surface area contributed by atoms with E-state index in [9.17, 15) is 19.2 Å². The SMILES string of the molecule is C[Si](C)(C)N1CC(=O)N(CCCCCCN2C(=O)CN([Si](C)(C)C)C2=O)C1=O. The minimum atomic E-state index is -1.83. The van der Waals surface area contributed by atoms with Gasteiger partial charge in [-0.1, -0.05) is 52.1 Å². The molecule has 10 heteroatoms. The number of hydrogen-bond donors (Lipinski definition) is 0. The molecule has 2 heterocycles. The Morgan fingerprint density at radius 3 is 1.18 bits per heavy atom. The first-order valence-electron chi connectivity index (χ1n) is 10.1. The zero-order valence-corrected chi connectivity index (χ0v) is 20.1. The summed E-state index contributed by atoms with van der Waals surface area (Å²) in [4.78, 5) is 51.8. The van der Waals surface area contributed by atoms with Gasteiger partial charge < -0.3 is 9.13 Å². The Kier molecular flexibility index (Phi) is 6.75. The maximum atomic E-state index is 12.4. The summed E-state index contributed by atoms with van der Waals surface area (Å²) in [5.41, 5.74) is 0. The molecule has 0 aromatic heterocycles. The van der Waals surface area contributed by atoms with Gasteiger partial charge >= 0.3 is 12.1 Å². The molecule has 0 radical (unpaired) electrons. The largest absolute Gasteiger partial charge is 0.343 e. The summed E-state index contributed by atoms with van der Waals surface area (Å²) in [7, 11) is -3.66. The maximum absolute atomic E-state index is 12.4. The van der Waals surface area contributed by atoms with Gasteiger partial charge in [-0.2, -0.15) is 0 Å². The van der Waals surface area contributed by atoms with Gasteiger partial charge in [0, 0.05) is 13.1 Å². The third kappa shape index (κ3) is 5.02. The van der Waals surface area contributed by atoms with Crippen molar-refractivity contribution in [3.8, 4) is 0 Å². The molecule has 0 aromatic rings. The van der Waals surface area contributed by atoms with Gasteiger partial charge in [0.25, 0.3) is 0 Å². The predicted octanol–water partition coefficient (Wildman–Crippen LogP) is 2.75. The molecule has 2 aliphatic heterocycles. The number of rotatable bonds is 9. The van der Waals surface area contributed by atoms with Crippen molar-refractivity contribution in [2.45, 2.75) is 65.0 Å². The van der Waals surface area contributed by atoms with Crippen molar-refractivity contribution in [2.75, 3.05) is 26.2 Å². The molecule has 28 heavy (non-hydrogen) atoms. The Balaban J connectivity index is 1.70. The number of nitrogens with zero attached hydrogens (tertiary/aromatic N) is 4. The minimum Gasteiger partial charge on any atom is -0.343 e. The molecule has 0 spiro atoms. The molecule has 2 fully saturated rings. The molecule has 2 aliphatic rings. The fourth-order valence-corrected chi connectivity index (χ4v) is 6.07. The summed E-state index contributed by atoms with van der Waals surface area (Å²) < 4.78 is 3.48. The van der Waals surface area contributed by atoms with Crippen molar-refractivity contribution in [1.29, 1.82) is 0 Å². The maximum Gasteiger partial charge on any atom is 0.319 e.